The van der Waals surface area contributed by atoms with Gasteiger partial charge in [-0.1, -0.05) is 50.5 Å². The van der Waals surface area contributed by atoms with Crippen LogP contribution >= 0.6 is 0 Å². The molecule has 2 unspecified atom stereocenters. The van der Waals surface area contributed by atoms with Gasteiger partial charge in [-0.25, -0.2) is 0 Å². The van der Waals surface area contributed by atoms with Gasteiger partial charge in [0.15, 0.2) is 0 Å². The zero-order valence-corrected chi connectivity index (χ0v) is 12.3. The van der Waals surface area contributed by atoms with Gasteiger partial charge < -0.3 is 10.4 Å². The maximum absolute atomic E-state index is 10.6. The molecule has 0 bridgehead atoms. The summed E-state index contributed by atoms with van der Waals surface area (Å²) in [4.78, 5) is 10.6. The normalized spacial score (nSPS) is 22.6. The van der Waals surface area contributed by atoms with Gasteiger partial charge in [0, 0.05) is 6.54 Å². The lowest BCUT2D eigenvalue weighted by Gasteiger charge is -2.28. The molecule has 2 N–H and O–H groups in total. The van der Waals surface area contributed by atoms with Gasteiger partial charge in [-0.15, -0.1) is 0 Å². The summed E-state index contributed by atoms with van der Waals surface area (Å²) in [5.74, 6) is 0.881. The summed E-state index contributed by atoms with van der Waals surface area (Å²) in [6.07, 6.45) is 5.60. The molecule has 0 aliphatic heterocycles. The first-order chi connectivity index (χ1) is 9.65. The number of hydrogen-bond acceptors (Lipinski definition) is 2. The van der Waals surface area contributed by atoms with Crippen LogP contribution in [0.4, 0.5) is 0 Å². The third kappa shape index (κ3) is 4.64. The van der Waals surface area contributed by atoms with Crippen LogP contribution in [0.15, 0.2) is 24.3 Å². The van der Waals surface area contributed by atoms with Crippen LogP contribution in [0, 0.1) is 11.8 Å². The highest BCUT2D eigenvalue weighted by atomic mass is 16.4. The van der Waals surface area contributed by atoms with E-state index in [9.17, 15) is 4.79 Å². The molecule has 1 saturated carbocycles. The van der Waals surface area contributed by atoms with Crippen LogP contribution in [0.2, 0.25) is 0 Å². The molecule has 0 amide bonds. The first-order valence-electron chi connectivity index (χ1n) is 7.65. The van der Waals surface area contributed by atoms with Crippen molar-refractivity contribution in [3.05, 3.63) is 35.4 Å². The smallest absolute Gasteiger partial charge is 0.307 e. The van der Waals surface area contributed by atoms with E-state index in [1.165, 1.54) is 31.2 Å². The van der Waals surface area contributed by atoms with Crippen molar-refractivity contribution >= 4 is 5.97 Å². The molecule has 2 rings (SSSR count). The third-order valence-electron chi connectivity index (χ3n) is 4.40. The van der Waals surface area contributed by atoms with Gasteiger partial charge >= 0.3 is 5.97 Å². The summed E-state index contributed by atoms with van der Waals surface area (Å²) in [5, 5.41) is 12.3. The summed E-state index contributed by atoms with van der Waals surface area (Å²) in [6.45, 7) is 4.33. The monoisotopic (exact) mass is 275 g/mol. The van der Waals surface area contributed by atoms with Gasteiger partial charge in [-0.2, -0.15) is 0 Å². The number of carboxylic acids is 1. The highest BCUT2D eigenvalue weighted by Crippen LogP contribution is 2.28. The molecule has 20 heavy (non-hydrogen) atoms. The molecule has 1 aliphatic rings. The Morgan fingerprint density at radius 3 is 2.50 bits per heavy atom. The van der Waals surface area contributed by atoms with Crippen LogP contribution in [0.1, 0.15) is 43.7 Å². The molecule has 0 saturated heterocycles. The van der Waals surface area contributed by atoms with Crippen molar-refractivity contribution in [1.82, 2.24) is 5.32 Å². The first-order valence-corrected chi connectivity index (χ1v) is 7.65. The minimum absolute atomic E-state index is 0.104. The standard InChI is InChI=1S/C17H25NO2/c1-13-4-2-3-5-16(13)12-18-11-15-8-6-14(7-9-15)10-17(19)20/h6-9,13,16,18H,2-5,10-12H2,1H3,(H,19,20). The van der Waals surface area contributed by atoms with E-state index in [4.69, 9.17) is 5.11 Å². The molecule has 1 aromatic carbocycles. The highest BCUT2D eigenvalue weighted by Gasteiger charge is 2.20. The van der Waals surface area contributed by atoms with Crippen molar-refractivity contribution in [2.75, 3.05) is 6.54 Å². The molecule has 0 heterocycles. The van der Waals surface area contributed by atoms with Crippen molar-refractivity contribution in [1.29, 1.82) is 0 Å². The van der Waals surface area contributed by atoms with Crippen molar-refractivity contribution < 1.29 is 9.90 Å². The lowest BCUT2D eigenvalue weighted by Crippen LogP contribution is -2.29. The third-order valence-corrected chi connectivity index (χ3v) is 4.40. The first kappa shape index (κ1) is 15.0. The second-order valence-corrected chi connectivity index (χ2v) is 6.04. The van der Waals surface area contributed by atoms with E-state index in [-0.39, 0.29) is 6.42 Å². The Kier molecular flexibility index (Phi) is 5.60. The lowest BCUT2D eigenvalue weighted by atomic mass is 9.80. The molecule has 1 aliphatic carbocycles. The minimum Gasteiger partial charge on any atom is -0.481 e. The van der Waals surface area contributed by atoms with E-state index in [1.54, 1.807) is 0 Å². The van der Waals surface area contributed by atoms with Gasteiger partial charge in [0.2, 0.25) is 0 Å². The Labute approximate surface area is 121 Å². The Morgan fingerprint density at radius 1 is 1.20 bits per heavy atom. The van der Waals surface area contributed by atoms with E-state index >= 15 is 0 Å². The number of benzene rings is 1. The molecule has 3 heteroatoms. The largest absolute Gasteiger partial charge is 0.481 e. The Hall–Kier alpha value is -1.35. The fourth-order valence-corrected chi connectivity index (χ4v) is 3.05. The zero-order chi connectivity index (χ0) is 14.4. The summed E-state index contributed by atoms with van der Waals surface area (Å²) < 4.78 is 0. The molecule has 0 aromatic heterocycles. The van der Waals surface area contributed by atoms with Gasteiger partial charge in [0.25, 0.3) is 0 Å². The summed E-state index contributed by atoms with van der Waals surface area (Å²) in [7, 11) is 0. The summed E-state index contributed by atoms with van der Waals surface area (Å²) in [5.41, 5.74) is 2.09. The van der Waals surface area contributed by atoms with Gasteiger partial charge in [-0.3, -0.25) is 4.79 Å². The number of carboxylic acid groups (broad SMARTS) is 1. The van der Waals surface area contributed by atoms with E-state index in [0.717, 1.165) is 30.5 Å². The number of hydrogen-bond donors (Lipinski definition) is 2. The number of rotatable bonds is 6. The van der Waals surface area contributed by atoms with Crippen molar-refractivity contribution in [3.63, 3.8) is 0 Å². The predicted octanol–water partition coefficient (Wildman–Crippen LogP) is 3.23. The average molecular weight is 275 g/mol. The quantitative estimate of drug-likeness (QED) is 0.838. The van der Waals surface area contributed by atoms with Gasteiger partial charge in [-0.05, 0) is 35.9 Å². The van der Waals surface area contributed by atoms with Crippen LogP contribution in [0.5, 0.6) is 0 Å². The number of carbonyl (C=O) groups is 1. The maximum atomic E-state index is 10.6. The van der Waals surface area contributed by atoms with Crippen LogP contribution in [-0.2, 0) is 17.8 Å². The minimum atomic E-state index is -0.776. The van der Waals surface area contributed by atoms with E-state index in [2.05, 4.69) is 12.2 Å². The molecule has 0 radical (unpaired) electrons. The Balaban J connectivity index is 1.74. The number of nitrogens with one attached hydrogen (secondary N) is 1. The second-order valence-electron chi connectivity index (χ2n) is 6.04. The van der Waals surface area contributed by atoms with E-state index in [1.807, 2.05) is 24.3 Å². The number of aliphatic carboxylic acids is 1. The molecule has 3 nitrogen and oxygen atoms in total. The SMILES string of the molecule is CC1CCCCC1CNCc1ccc(CC(=O)O)cc1. The molecule has 2 atom stereocenters. The topological polar surface area (TPSA) is 49.3 Å². The fourth-order valence-electron chi connectivity index (χ4n) is 3.05. The second kappa shape index (κ2) is 7.44. The summed E-state index contributed by atoms with van der Waals surface area (Å²) >= 11 is 0. The maximum Gasteiger partial charge on any atom is 0.307 e. The van der Waals surface area contributed by atoms with Crippen molar-refractivity contribution in [3.8, 4) is 0 Å². The molecule has 110 valence electrons. The average Bonchev–Trinajstić information content (AvgIpc) is 2.42. The van der Waals surface area contributed by atoms with Crippen LogP contribution in [-0.4, -0.2) is 17.6 Å². The van der Waals surface area contributed by atoms with Gasteiger partial charge in [0.1, 0.15) is 0 Å². The van der Waals surface area contributed by atoms with E-state index in [0.29, 0.717) is 0 Å². The highest BCUT2D eigenvalue weighted by molar-refractivity contribution is 5.70. The molecule has 0 spiro atoms. The zero-order valence-electron chi connectivity index (χ0n) is 12.3. The lowest BCUT2D eigenvalue weighted by molar-refractivity contribution is -0.136. The van der Waals surface area contributed by atoms with E-state index < -0.39 is 5.97 Å². The summed E-state index contributed by atoms with van der Waals surface area (Å²) in [6, 6.07) is 7.87. The molecule has 1 fully saturated rings. The van der Waals surface area contributed by atoms with Crippen LogP contribution in [0.3, 0.4) is 0 Å². The van der Waals surface area contributed by atoms with Gasteiger partial charge in [0.05, 0.1) is 6.42 Å². The van der Waals surface area contributed by atoms with Crippen molar-refractivity contribution in [2.24, 2.45) is 11.8 Å². The molecular formula is C17H25NO2. The van der Waals surface area contributed by atoms with Crippen LogP contribution in [0.25, 0.3) is 0 Å². The van der Waals surface area contributed by atoms with Crippen molar-refractivity contribution in [2.45, 2.75) is 45.6 Å². The Morgan fingerprint density at radius 2 is 1.85 bits per heavy atom. The van der Waals surface area contributed by atoms with Crippen LogP contribution < -0.4 is 5.32 Å². The molecular weight excluding hydrogens is 250 g/mol. The Bertz CT molecular complexity index is 427. The predicted molar refractivity (Wildman–Crippen MR) is 80.6 cm³/mol. The fraction of sp³-hybridized carbons (Fsp3) is 0.588. The molecule has 1 aromatic rings.